The topological polar surface area (TPSA) is 78.9 Å². The lowest BCUT2D eigenvalue weighted by molar-refractivity contribution is -0.167. The van der Waals surface area contributed by atoms with E-state index >= 15 is 0 Å². The number of unbranched alkanes of at least 4 members (excludes halogenated alkanes) is 30. The summed E-state index contributed by atoms with van der Waals surface area (Å²) in [5.41, 5.74) is 0. The van der Waals surface area contributed by atoms with E-state index in [1.54, 1.807) is 0 Å². The molecule has 6 heteroatoms. The van der Waals surface area contributed by atoms with Crippen molar-refractivity contribution in [3.63, 3.8) is 0 Å². The van der Waals surface area contributed by atoms with Crippen molar-refractivity contribution in [2.45, 2.75) is 322 Å². The maximum atomic E-state index is 12.9. The van der Waals surface area contributed by atoms with Crippen LogP contribution < -0.4 is 0 Å². The molecule has 0 aliphatic carbocycles. The van der Waals surface area contributed by atoms with Crippen LogP contribution in [0, 0.1) is 0 Å². The molecular weight excluding hydrogens is 997 g/mol. The predicted octanol–water partition coefficient (Wildman–Crippen LogP) is 23.6. The number of ether oxygens (including phenoxy) is 3. The van der Waals surface area contributed by atoms with Gasteiger partial charge in [0.25, 0.3) is 0 Å². The van der Waals surface area contributed by atoms with Crippen molar-refractivity contribution < 1.29 is 28.6 Å². The van der Waals surface area contributed by atoms with Crippen LogP contribution in [0.15, 0.2) is 122 Å². The summed E-state index contributed by atoms with van der Waals surface area (Å²) in [6.07, 6.45) is 95.2. The lowest BCUT2D eigenvalue weighted by Gasteiger charge is -2.18. The Morgan fingerprint density at radius 3 is 0.790 bits per heavy atom. The fourth-order valence-electron chi connectivity index (χ4n) is 9.41. The van der Waals surface area contributed by atoms with Gasteiger partial charge in [-0.1, -0.05) is 296 Å². The van der Waals surface area contributed by atoms with Crippen LogP contribution in [0.2, 0.25) is 0 Å². The summed E-state index contributed by atoms with van der Waals surface area (Å²) in [7, 11) is 0. The summed E-state index contributed by atoms with van der Waals surface area (Å²) in [6.45, 7) is 6.36. The molecular formula is C75H126O6. The van der Waals surface area contributed by atoms with E-state index in [2.05, 4.69) is 142 Å². The van der Waals surface area contributed by atoms with Crippen molar-refractivity contribution in [1.29, 1.82) is 0 Å². The van der Waals surface area contributed by atoms with E-state index in [-0.39, 0.29) is 37.5 Å². The molecule has 1 unspecified atom stereocenters. The van der Waals surface area contributed by atoms with Crippen molar-refractivity contribution in [3.05, 3.63) is 122 Å². The molecule has 0 heterocycles. The molecule has 0 aliphatic rings. The second-order valence-electron chi connectivity index (χ2n) is 22.3. The van der Waals surface area contributed by atoms with Gasteiger partial charge in [-0.2, -0.15) is 0 Å². The van der Waals surface area contributed by atoms with E-state index in [0.29, 0.717) is 19.3 Å². The highest BCUT2D eigenvalue weighted by atomic mass is 16.6. The first-order chi connectivity index (χ1) is 40.0. The van der Waals surface area contributed by atoms with Gasteiger partial charge in [0.2, 0.25) is 0 Å². The SMILES string of the molecule is CC/C=C\C/C=C\C/C=C\C/C=C\C/C=C\CCCC(=O)OC(COC(=O)CCCCCCC/C=C\C/C=C\C/C=C\CC)COC(=O)CCCCCCCCCCCCCCCCCCCCC/C=C\C/C=C\CCCCCCC. The number of esters is 3. The standard InChI is InChI=1S/C75H126O6/c1-4-7-10-13-16-19-22-25-28-30-31-32-33-34-35-36-37-38-39-40-41-42-43-45-47-50-53-56-59-62-65-68-74(77)80-71-72(70-79-73(76)67-64-61-58-55-52-49-46-27-24-21-18-15-12-9-6-3)81-75(78)69-66-63-60-57-54-51-48-44-29-26-23-20-17-14-11-8-5-2/h8-9,11-12,17-18,20-22,25-27,29-31,46,48,51,57,60,72H,4-7,10,13-16,19,23-24,28,32-45,47,49-50,52-56,58-59,61-71H2,1-3H3/b11-8-,12-9-,20-17-,21-18-,25-22-,29-26-,31-30-,46-27-,51-48-,60-57-. The molecule has 0 saturated carbocycles. The molecule has 0 fully saturated rings. The maximum absolute atomic E-state index is 12.9. The minimum absolute atomic E-state index is 0.107. The summed E-state index contributed by atoms with van der Waals surface area (Å²) < 4.78 is 16.9. The summed E-state index contributed by atoms with van der Waals surface area (Å²) in [5, 5.41) is 0. The average Bonchev–Trinajstić information content (AvgIpc) is 3.47. The van der Waals surface area contributed by atoms with Gasteiger partial charge >= 0.3 is 17.9 Å². The zero-order valence-electron chi connectivity index (χ0n) is 53.0. The molecule has 0 bridgehead atoms. The summed E-state index contributed by atoms with van der Waals surface area (Å²) in [6, 6.07) is 0. The quantitative estimate of drug-likeness (QED) is 0.0261. The second kappa shape index (κ2) is 68.3. The molecule has 0 saturated heterocycles. The van der Waals surface area contributed by atoms with Crippen molar-refractivity contribution >= 4 is 17.9 Å². The van der Waals surface area contributed by atoms with Crippen LogP contribution in [-0.2, 0) is 28.6 Å². The van der Waals surface area contributed by atoms with E-state index in [0.717, 1.165) is 122 Å². The molecule has 0 spiro atoms. The van der Waals surface area contributed by atoms with Crippen molar-refractivity contribution in [2.24, 2.45) is 0 Å². The van der Waals surface area contributed by atoms with E-state index < -0.39 is 6.10 Å². The van der Waals surface area contributed by atoms with Crippen molar-refractivity contribution in [1.82, 2.24) is 0 Å². The Balaban J connectivity index is 4.28. The molecule has 0 rings (SSSR count). The molecule has 0 aromatic heterocycles. The molecule has 6 nitrogen and oxygen atoms in total. The van der Waals surface area contributed by atoms with Gasteiger partial charge in [0.05, 0.1) is 0 Å². The monoisotopic (exact) mass is 1120 g/mol. The van der Waals surface area contributed by atoms with Gasteiger partial charge in [-0.15, -0.1) is 0 Å². The Labute approximate surface area is 501 Å². The Morgan fingerprint density at radius 2 is 0.494 bits per heavy atom. The zero-order valence-corrected chi connectivity index (χ0v) is 53.0. The third kappa shape index (κ3) is 66.5. The first kappa shape index (κ1) is 76.8. The van der Waals surface area contributed by atoms with Gasteiger partial charge in [0.1, 0.15) is 13.2 Å². The molecule has 1 atom stereocenters. The molecule has 462 valence electrons. The first-order valence-electron chi connectivity index (χ1n) is 34.0. The van der Waals surface area contributed by atoms with Gasteiger partial charge in [0, 0.05) is 19.3 Å². The van der Waals surface area contributed by atoms with Gasteiger partial charge in [-0.3, -0.25) is 14.4 Å². The van der Waals surface area contributed by atoms with Gasteiger partial charge in [-0.25, -0.2) is 0 Å². The number of allylic oxidation sites excluding steroid dienone is 20. The molecule has 81 heavy (non-hydrogen) atoms. The summed E-state index contributed by atoms with van der Waals surface area (Å²) in [5.74, 6) is -0.976. The molecule has 0 aliphatic heterocycles. The lowest BCUT2D eigenvalue weighted by Crippen LogP contribution is -2.30. The van der Waals surface area contributed by atoms with Gasteiger partial charge < -0.3 is 14.2 Å². The number of carbonyl (C=O) groups excluding carboxylic acids is 3. The van der Waals surface area contributed by atoms with Crippen molar-refractivity contribution in [2.75, 3.05) is 13.2 Å². The highest BCUT2D eigenvalue weighted by Gasteiger charge is 2.19. The second-order valence-corrected chi connectivity index (χ2v) is 22.3. The van der Waals surface area contributed by atoms with Crippen LogP contribution in [0.3, 0.4) is 0 Å². The van der Waals surface area contributed by atoms with Crippen LogP contribution in [0.5, 0.6) is 0 Å². The van der Waals surface area contributed by atoms with Gasteiger partial charge in [0.15, 0.2) is 6.10 Å². The molecule has 0 aromatic carbocycles. The molecule has 0 aromatic rings. The minimum Gasteiger partial charge on any atom is -0.462 e. The van der Waals surface area contributed by atoms with Crippen LogP contribution in [0.1, 0.15) is 316 Å². The zero-order chi connectivity index (χ0) is 58.5. The fraction of sp³-hybridized carbons (Fsp3) is 0.693. The predicted molar refractivity (Wildman–Crippen MR) is 353 cm³/mol. The Kier molecular flexibility index (Phi) is 64.8. The largest absolute Gasteiger partial charge is 0.462 e. The Hall–Kier alpha value is -4.19. The third-order valence-electron chi connectivity index (χ3n) is 14.4. The van der Waals surface area contributed by atoms with Crippen molar-refractivity contribution in [3.8, 4) is 0 Å². The van der Waals surface area contributed by atoms with Crippen LogP contribution in [-0.4, -0.2) is 37.2 Å². The Bertz CT molecular complexity index is 1670. The average molecular weight is 1120 g/mol. The number of hydrogen-bond donors (Lipinski definition) is 0. The fourth-order valence-corrected chi connectivity index (χ4v) is 9.41. The van der Waals surface area contributed by atoms with E-state index in [4.69, 9.17) is 14.2 Å². The maximum Gasteiger partial charge on any atom is 0.306 e. The number of rotatable bonds is 61. The van der Waals surface area contributed by atoms with Crippen LogP contribution in [0.25, 0.3) is 0 Å². The van der Waals surface area contributed by atoms with E-state index in [1.807, 2.05) is 0 Å². The number of hydrogen-bond acceptors (Lipinski definition) is 6. The highest BCUT2D eigenvalue weighted by molar-refractivity contribution is 5.71. The molecule has 0 N–H and O–H groups in total. The van der Waals surface area contributed by atoms with Gasteiger partial charge in [-0.05, 0) is 122 Å². The molecule has 0 radical (unpaired) electrons. The lowest BCUT2D eigenvalue weighted by atomic mass is 10.0. The summed E-state index contributed by atoms with van der Waals surface area (Å²) >= 11 is 0. The number of carbonyl (C=O) groups is 3. The minimum atomic E-state index is -0.818. The van der Waals surface area contributed by atoms with E-state index in [9.17, 15) is 14.4 Å². The van der Waals surface area contributed by atoms with Crippen LogP contribution in [0.4, 0.5) is 0 Å². The smallest absolute Gasteiger partial charge is 0.306 e. The highest BCUT2D eigenvalue weighted by Crippen LogP contribution is 2.17. The van der Waals surface area contributed by atoms with E-state index in [1.165, 1.54) is 148 Å². The first-order valence-corrected chi connectivity index (χ1v) is 34.0. The summed E-state index contributed by atoms with van der Waals surface area (Å²) in [4.78, 5) is 38.3. The Morgan fingerprint density at radius 1 is 0.259 bits per heavy atom. The normalized spacial score (nSPS) is 12.9. The third-order valence-corrected chi connectivity index (χ3v) is 14.4. The molecule has 0 amide bonds. The van der Waals surface area contributed by atoms with Crippen LogP contribution >= 0.6 is 0 Å².